The van der Waals surface area contributed by atoms with Gasteiger partial charge < -0.3 is 16.0 Å². The van der Waals surface area contributed by atoms with Crippen LogP contribution in [0.1, 0.15) is 11.1 Å². The van der Waals surface area contributed by atoms with Crippen molar-refractivity contribution in [3.8, 4) is 0 Å². The number of carbonyl (C=O) groups is 2. The van der Waals surface area contributed by atoms with Gasteiger partial charge >= 0.3 is 6.03 Å². The minimum Gasteiger partial charge on any atom is -0.334 e. The molecule has 0 spiro atoms. The minimum atomic E-state index is -0.372. The van der Waals surface area contributed by atoms with E-state index in [1.807, 2.05) is 55.5 Å². The lowest BCUT2D eigenvalue weighted by Gasteiger charge is -2.09. The third-order valence-corrected chi connectivity index (χ3v) is 3.01. The van der Waals surface area contributed by atoms with Crippen LogP contribution >= 0.6 is 0 Å². The summed E-state index contributed by atoms with van der Waals surface area (Å²) in [5.74, 6) is -0.263. The first-order valence-corrected chi connectivity index (χ1v) is 7.05. The fourth-order valence-corrected chi connectivity index (χ4v) is 1.93. The first-order chi connectivity index (χ1) is 10.6. The standard InChI is InChI=1S/C17H19N3O2/c1-13-6-5-9-15(10-13)20-16(21)12-19-17(22)18-11-14-7-3-2-4-8-14/h2-10H,11-12H2,1H3,(H,20,21)(H2,18,19,22). The molecule has 0 bridgehead atoms. The average molecular weight is 297 g/mol. The van der Waals surface area contributed by atoms with Crippen molar-refractivity contribution < 1.29 is 9.59 Å². The van der Waals surface area contributed by atoms with Gasteiger partial charge in [0.2, 0.25) is 5.91 Å². The lowest BCUT2D eigenvalue weighted by atomic mass is 10.2. The van der Waals surface area contributed by atoms with Gasteiger partial charge in [0.25, 0.3) is 0 Å². The Morgan fingerprint density at radius 3 is 2.45 bits per heavy atom. The topological polar surface area (TPSA) is 70.2 Å². The molecule has 2 aromatic carbocycles. The molecule has 3 N–H and O–H groups in total. The summed E-state index contributed by atoms with van der Waals surface area (Å²) >= 11 is 0. The van der Waals surface area contributed by atoms with E-state index in [1.54, 1.807) is 6.07 Å². The normalized spacial score (nSPS) is 9.86. The Kier molecular flexibility index (Phi) is 5.54. The van der Waals surface area contributed by atoms with Crippen LogP contribution in [0.3, 0.4) is 0 Å². The number of carbonyl (C=O) groups excluding carboxylic acids is 2. The fourth-order valence-electron chi connectivity index (χ4n) is 1.93. The molecule has 0 atom stereocenters. The fraction of sp³-hybridized carbons (Fsp3) is 0.176. The van der Waals surface area contributed by atoms with Gasteiger partial charge in [-0.2, -0.15) is 0 Å². The molecule has 0 saturated heterocycles. The molecular weight excluding hydrogens is 278 g/mol. The van der Waals surface area contributed by atoms with Crippen LogP contribution in [0.25, 0.3) is 0 Å². The molecule has 0 aliphatic heterocycles. The minimum absolute atomic E-state index is 0.0748. The molecule has 0 radical (unpaired) electrons. The van der Waals surface area contributed by atoms with Crippen LogP contribution in [0.2, 0.25) is 0 Å². The summed E-state index contributed by atoms with van der Waals surface area (Å²) in [5.41, 5.74) is 2.78. The quantitative estimate of drug-likeness (QED) is 0.793. The number of rotatable bonds is 5. The maximum Gasteiger partial charge on any atom is 0.315 e. The van der Waals surface area contributed by atoms with Crippen LogP contribution in [-0.4, -0.2) is 18.5 Å². The summed E-state index contributed by atoms with van der Waals surface area (Å²) in [7, 11) is 0. The highest BCUT2D eigenvalue weighted by molar-refractivity contribution is 5.94. The Morgan fingerprint density at radius 1 is 0.955 bits per heavy atom. The van der Waals surface area contributed by atoms with Gasteiger partial charge in [-0.3, -0.25) is 4.79 Å². The number of anilines is 1. The summed E-state index contributed by atoms with van der Waals surface area (Å²) in [6, 6.07) is 16.7. The van der Waals surface area contributed by atoms with Crippen LogP contribution in [0.4, 0.5) is 10.5 Å². The van der Waals surface area contributed by atoms with Gasteiger partial charge in [0.05, 0.1) is 6.54 Å². The first-order valence-electron chi connectivity index (χ1n) is 7.05. The molecule has 0 heterocycles. The Bertz CT molecular complexity index is 641. The Morgan fingerprint density at radius 2 is 1.73 bits per heavy atom. The highest BCUT2D eigenvalue weighted by Gasteiger charge is 2.05. The van der Waals surface area contributed by atoms with E-state index in [1.165, 1.54) is 0 Å². The van der Waals surface area contributed by atoms with Crippen molar-refractivity contribution in [2.45, 2.75) is 13.5 Å². The zero-order valence-corrected chi connectivity index (χ0v) is 12.4. The predicted octanol–water partition coefficient (Wildman–Crippen LogP) is 2.43. The summed E-state index contributed by atoms with van der Waals surface area (Å²) in [4.78, 5) is 23.4. The van der Waals surface area contributed by atoms with E-state index < -0.39 is 0 Å². The van der Waals surface area contributed by atoms with Crippen LogP contribution in [0.15, 0.2) is 54.6 Å². The van der Waals surface area contributed by atoms with Crippen molar-refractivity contribution in [3.05, 3.63) is 65.7 Å². The molecule has 0 aliphatic rings. The second kappa shape index (κ2) is 7.83. The number of hydrogen-bond donors (Lipinski definition) is 3. The van der Waals surface area contributed by atoms with Crippen molar-refractivity contribution in [3.63, 3.8) is 0 Å². The van der Waals surface area contributed by atoms with Gasteiger partial charge in [0.15, 0.2) is 0 Å². The molecule has 0 saturated carbocycles. The number of aryl methyl sites for hydroxylation is 1. The van der Waals surface area contributed by atoms with Gasteiger partial charge in [-0.15, -0.1) is 0 Å². The van der Waals surface area contributed by atoms with Crippen LogP contribution in [0.5, 0.6) is 0 Å². The average Bonchev–Trinajstić information content (AvgIpc) is 2.52. The lowest BCUT2D eigenvalue weighted by Crippen LogP contribution is -2.39. The molecule has 2 aromatic rings. The van der Waals surface area contributed by atoms with Gasteiger partial charge in [0.1, 0.15) is 0 Å². The number of amides is 3. The third-order valence-electron chi connectivity index (χ3n) is 3.01. The largest absolute Gasteiger partial charge is 0.334 e. The smallest absolute Gasteiger partial charge is 0.315 e. The lowest BCUT2D eigenvalue weighted by molar-refractivity contribution is -0.115. The van der Waals surface area contributed by atoms with Crippen molar-refractivity contribution in [1.29, 1.82) is 0 Å². The molecule has 2 rings (SSSR count). The molecule has 22 heavy (non-hydrogen) atoms. The number of nitrogens with one attached hydrogen (secondary N) is 3. The SMILES string of the molecule is Cc1cccc(NC(=O)CNC(=O)NCc2ccccc2)c1. The summed E-state index contributed by atoms with van der Waals surface area (Å²) in [5, 5.41) is 7.95. The number of benzene rings is 2. The first kappa shape index (κ1) is 15.6. The van der Waals surface area contributed by atoms with E-state index in [2.05, 4.69) is 16.0 Å². The molecule has 0 aromatic heterocycles. The highest BCUT2D eigenvalue weighted by Crippen LogP contribution is 2.08. The summed E-state index contributed by atoms with van der Waals surface area (Å²) < 4.78 is 0. The van der Waals surface area contributed by atoms with Crippen LogP contribution in [-0.2, 0) is 11.3 Å². The van der Waals surface area contributed by atoms with E-state index in [-0.39, 0.29) is 18.5 Å². The molecule has 5 heteroatoms. The molecular formula is C17H19N3O2. The second-order valence-corrected chi connectivity index (χ2v) is 4.94. The Hall–Kier alpha value is -2.82. The third kappa shape index (κ3) is 5.28. The highest BCUT2D eigenvalue weighted by atomic mass is 16.2. The van der Waals surface area contributed by atoms with E-state index >= 15 is 0 Å². The molecule has 0 aliphatic carbocycles. The summed E-state index contributed by atoms with van der Waals surface area (Å²) in [6.45, 7) is 2.30. The molecule has 0 unspecified atom stereocenters. The zero-order valence-electron chi connectivity index (χ0n) is 12.4. The van der Waals surface area contributed by atoms with E-state index in [4.69, 9.17) is 0 Å². The maximum absolute atomic E-state index is 11.7. The zero-order chi connectivity index (χ0) is 15.8. The van der Waals surface area contributed by atoms with Gasteiger partial charge in [-0.05, 0) is 30.2 Å². The number of urea groups is 1. The molecule has 114 valence electrons. The number of hydrogen-bond acceptors (Lipinski definition) is 2. The second-order valence-electron chi connectivity index (χ2n) is 4.94. The van der Waals surface area contributed by atoms with Gasteiger partial charge in [-0.1, -0.05) is 42.5 Å². The van der Waals surface area contributed by atoms with Crippen LogP contribution in [0, 0.1) is 6.92 Å². The molecule has 3 amide bonds. The van der Waals surface area contributed by atoms with E-state index in [0.717, 1.165) is 16.8 Å². The van der Waals surface area contributed by atoms with Crippen molar-refractivity contribution >= 4 is 17.6 Å². The van der Waals surface area contributed by atoms with Crippen molar-refractivity contribution in [2.24, 2.45) is 0 Å². The molecule has 0 fully saturated rings. The van der Waals surface area contributed by atoms with Crippen molar-refractivity contribution in [2.75, 3.05) is 11.9 Å². The summed E-state index contributed by atoms with van der Waals surface area (Å²) in [6.07, 6.45) is 0. The molecule has 5 nitrogen and oxygen atoms in total. The van der Waals surface area contributed by atoms with Gasteiger partial charge in [0, 0.05) is 12.2 Å². The van der Waals surface area contributed by atoms with Crippen LogP contribution < -0.4 is 16.0 Å². The van der Waals surface area contributed by atoms with E-state index in [9.17, 15) is 9.59 Å². The van der Waals surface area contributed by atoms with Crippen molar-refractivity contribution in [1.82, 2.24) is 10.6 Å². The van der Waals surface area contributed by atoms with E-state index in [0.29, 0.717) is 6.54 Å². The Labute approximate surface area is 129 Å². The predicted molar refractivity (Wildman–Crippen MR) is 86.5 cm³/mol. The monoisotopic (exact) mass is 297 g/mol. The Balaban J connectivity index is 1.70. The van der Waals surface area contributed by atoms with Gasteiger partial charge in [-0.25, -0.2) is 4.79 Å². The maximum atomic E-state index is 11.7.